The molecule has 0 radical (unpaired) electrons. The minimum atomic E-state index is 0.528. The minimum absolute atomic E-state index is 0.528. The maximum absolute atomic E-state index is 6.12. The molecule has 2 rings (SSSR count). The zero-order chi connectivity index (χ0) is 13.1. The molecule has 4 heteroatoms. The van der Waals surface area contributed by atoms with E-state index in [1.807, 2.05) is 0 Å². The highest BCUT2D eigenvalue weighted by Gasteiger charge is 2.08. The van der Waals surface area contributed by atoms with Crippen LogP contribution >= 0.6 is 11.6 Å². The second kappa shape index (κ2) is 5.27. The van der Waals surface area contributed by atoms with Crippen LogP contribution in [0.25, 0.3) is 0 Å². The summed E-state index contributed by atoms with van der Waals surface area (Å²) in [5.74, 6) is 0.634. The van der Waals surface area contributed by atoms with Crippen LogP contribution in [-0.4, -0.2) is 4.98 Å². The van der Waals surface area contributed by atoms with Crippen LogP contribution in [0.2, 0.25) is 5.02 Å². The molecule has 1 aromatic carbocycles. The van der Waals surface area contributed by atoms with Crippen molar-refractivity contribution in [1.29, 1.82) is 0 Å². The molecule has 0 bridgehead atoms. The number of nitrogen functional groups attached to an aromatic ring is 1. The Bertz CT molecular complexity index is 567. The van der Waals surface area contributed by atoms with Crippen molar-refractivity contribution in [3.63, 3.8) is 0 Å². The fraction of sp³-hybridized carbons (Fsp3) is 0.214. The summed E-state index contributed by atoms with van der Waals surface area (Å²) in [5.41, 5.74) is 9.67. The van der Waals surface area contributed by atoms with E-state index in [4.69, 9.17) is 17.3 Å². The number of nitrogens with two attached hydrogens (primary N) is 1. The van der Waals surface area contributed by atoms with Crippen molar-refractivity contribution in [2.45, 2.75) is 20.3 Å². The Morgan fingerprint density at radius 2 is 2.17 bits per heavy atom. The van der Waals surface area contributed by atoms with Crippen molar-refractivity contribution < 1.29 is 0 Å². The van der Waals surface area contributed by atoms with Gasteiger partial charge in [-0.2, -0.15) is 0 Å². The number of hydrogen-bond acceptors (Lipinski definition) is 3. The zero-order valence-electron chi connectivity index (χ0n) is 10.5. The summed E-state index contributed by atoms with van der Waals surface area (Å²) in [6, 6.07) is 7.91. The van der Waals surface area contributed by atoms with E-state index in [2.05, 4.69) is 42.3 Å². The fourth-order valence-corrected chi connectivity index (χ4v) is 2.09. The van der Waals surface area contributed by atoms with Crippen molar-refractivity contribution in [1.82, 2.24) is 4.98 Å². The predicted octanol–water partition coefficient (Wildman–Crippen LogP) is 3.93. The highest BCUT2D eigenvalue weighted by atomic mass is 35.5. The molecular weight excluding hydrogens is 246 g/mol. The first-order chi connectivity index (χ1) is 8.61. The first kappa shape index (κ1) is 12.7. The first-order valence-electron chi connectivity index (χ1n) is 5.88. The number of pyridine rings is 1. The largest absolute Gasteiger partial charge is 0.397 e. The maximum atomic E-state index is 6.12. The Balaban J connectivity index is 2.39. The number of aromatic nitrogens is 1. The molecule has 3 nitrogen and oxygen atoms in total. The lowest BCUT2D eigenvalue weighted by Crippen LogP contribution is -2.01. The van der Waals surface area contributed by atoms with Crippen molar-refractivity contribution in [2.24, 2.45) is 0 Å². The Morgan fingerprint density at radius 1 is 1.39 bits per heavy atom. The molecule has 0 atom stereocenters. The first-order valence-corrected chi connectivity index (χ1v) is 6.26. The van der Waals surface area contributed by atoms with Crippen LogP contribution < -0.4 is 11.1 Å². The summed E-state index contributed by atoms with van der Waals surface area (Å²) in [4.78, 5) is 4.22. The molecule has 3 N–H and O–H groups in total. The van der Waals surface area contributed by atoms with E-state index >= 15 is 0 Å². The molecule has 1 heterocycles. The number of para-hydroxylation sites is 1. The molecule has 0 amide bonds. The van der Waals surface area contributed by atoms with Gasteiger partial charge in [0, 0.05) is 5.69 Å². The summed E-state index contributed by atoms with van der Waals surface area (Å²) in [6.45, 7) is 4.19. The molecule has 0 aliphatic heterocycles. The van der Waals surface area contributed by atoms with Gasteiger partial charge in [0.05, 0.1) is 16.9 Å². The summed E-state index contributed by atoms with van der Waals surface area (Å²) in [5, 5.41) is 3.82. The fourth-order valence-electron chi connectivity index (χ4n) is 1.87. The van der Waals surface area contributed by atoms with Gasteiger partial charge in [-0.3, -0.25) is 0 Å². The highest BCUT2D eigenvalue weighted by molar-refractivity contribution is 6.33. The van der Waals surface area contributed by atoms with Crippen molar-refractivity contribution in [2.75, 3.05) is 11.1 Å². The molecule has 0 saturated heterocycles. The van der Waals surface area contributed by atoms with Gasteiger partial charge in [0.15, 0.2) is 0 Å². The topological polar surface area (TPSA) is 50.9 Å². The number of benzene rings is 1. The molecule has 0 fully saturated rings. The lowest BCUT2D eigenvalue weighted by Gasteiger charge is -2.14. The lowest BCUT2D eigenvalue weighted by molar-refractivity contribution is 1.13. The van der Waals surface area contributed by atoms with Gasteiger partial charge in [-0.1, -0.05) is 36.7 Å². The Morgan fingerprint density at radius 3 is 2.83 bits per heavy atom. The van der Waals surface area contributed by atoms with Crippen molar-refractivity contribution in [3.05, 3.63) is 46.6 Å². The maximum Gasteiger partial charge on any atom is 0.149 e. The van der Waals surface area contributed by atoms with Gasteiger partial charge in [0.2, 0.25) is 0 Å². The number of rotatable bonds is 3. The molecule has 2 aromatic rings. The van der Waals surface area contributed by atoms with Crippen LogP contribution in [-0.2, 0) is 6.42 Å². The number of anilines is 3. The second-order valence-corrected chi connectivity index (χ2v) is 4.59. The number of hydrogen-bond donors (Lipinski definition) is 2. The summed E-state index contributed by atoms with van der Waals surface area (Å²) in [6.07, 6.45) is 2.55. The summed E-state index contributed by atoms with van der Waals surface area (Å²) < 4.78 is 0. The smallest absolute Gasteiger partial charge is 0.149 e. The van der Waals surface area contributed by atoms with E-state index in [1.54, 1.807) is 12.3 Å². The summed E-state index contributed by atoms with van der Waals surface area (Å²) >= 11 is 6.12. The lowest BCUT2D eigenvalue weighted by atomic mass is 10.1. The third-order valence-electron chi connectivity index (χ3n) is 2.85. The third-order valence-corrected chi connectivity index (χ3v) is 3.13. The number of nitrogens with one attached hydrogen (secondary N) is 1. The Hall–Kier alpha value is -1.74. The van der Waals surface area contributed by atoms with Gasteiger partial charge < -0.3 is 11.1 Å². The quantitative estimate of drug-likeness (QED) is 0.880. The van der Waals surface area contributed by atoms with E-state index < -0.39 is 0 Å². The van der Waals surface area contributed by atoms with E-state index in [0.29, 0.717) is 16.5 Å². The molecule has 1 aromatic heterocycles. The Kier molecular flexibility index (Phi) is 3.72. The van der Waals surface area contributed by atoms with Crippen LogP contribution in [0.15, 0.2) is 30.5 Å². The third kappa shape index (κ3) is 2.57. The van der Waals surface area contributed by atoms with E-state index in [1.165, 1.54) is 11.1 Å². The zero-order valence-corrected chi connectivity index (χ0v) is 11.3. The van der Waals surface area contributed by atoms with Gasteiger partial charge in [-0.15, -0.1) is 0 Å². The van der Waals surface area contributed by atoms with Gasteiger partial charge in [0.1, 0.15) is 5.82 Å². The standard InChI is InChI=1S/C14H16ClN3/c1-3-10-6-4-5-9(2)13(10)18-14-12(15)7-11(16)8-17-14/h4-8H,3,16H2,1-2H3,(H,17,18). The van der Waals surface area contributed by atoms with Gasteiger partial charge >= 0.3 is 0 Å². The highest BCUT2D eigenvalue weighted by Crippen LogP contribution is 2.29. The van der Waals surface area contributed by atoms with Gasteiger partial charge in [0.25, 0.3) is 0 Å². The van der Waals surface area contributed by atoms with Crippen LogP contribution in [0, 0.1) is 6.92 Å². The van der Waals surface area contributed by atoms with Crippen LogP contribution in [0.3, 0.4) is 0 Å². The molecule has 0 saturated carbocycles. The van der Waals surface area contributed by atoms with Crippen molar-refractivity contribution in [3.8, 4) is 0 Å². The van der Waals surface area contributed by atoms with E-state index in [9.17, 15) is 0 Å². The number of halogens is 1. The van der Waals surface area contributed by atoms with E-state index in [-0.39, 0.29) is 0 Å². The molecule has 0 aliphatic rings. The average molecular weight is 262 g/mol. The predicted molar refractivity (Wildman–Crippen MR) is 77.5 cm³/mol. The van der Waals surface area contributed by atoms with Crippen LogP contribution in [0.5, 0.6) is 0 Å². The second-order valence-electron chi connectivity index (χ2n) is 4.19. The summed E-state index contributed by atoms with van der Waals surface area (Å²) in [7, 11) is 0. The average Bonchev–Trinajstić information content (AvgIpc) is 2.34. The van der Waals surface area contributed by atoms with E-state index in [0.717, 1.165) is 12.1 Å². The molecule has 94 valence electrons. The normalized spacial score (nSPS) is 10.4. The molecule has 18 heavy (non-hydrogen) atoms. The van der Waals surface area contributed by atoms with Crippen molar-refractivity contribution >= 4 is 28.8 Å². The van der Waals surface area contributed by atoms with Gasteiger partial charge in [-0.25, -0.2) is 4.98 Å². The number of nitrogens with zero attached hydrogens (tertiary/aromatic N) is 1. The van der Waals surface area contributed by atoms with Crippen LogP contribution in [0.1, 0.15) is 18.1 Å². The Labute approximate surface area is 112 Å². The minimum Gasteiger partial charge on any atom is -0.397 e. The molecule has 0 unspecified atom stereocenters. The van der Waals surface area contributed by atoms with Crippen LogP contribution in [0.4, 0.5) is 17.2 Å². The monoisotopic (exact) mass is 261 g/mol. The molecule has 0 aliphatic carbocycles. The molecule has 0 spiro atoms. The number of aryl methyl sites for hydroxylation is 2. The molecular formula is C14H16ClN3. The van der Waals surface area contributed by atoms with Gasteiger partial charge in [-0.05, 0) is 30.5 Å². The SMILES string of the molecule is CCc1cccc(C)c1Nc1ncc(N)cc1Cl.